The largest absolute Gasteiger partial charge is 0.494 e. The third-order valence-electron chi connectivity index (χ3n) is 2.57. The van der Waals surface area contributed by atoms with Crippen LogP contribution in [0.3, 0.4) is 0 Å². The molecular weight excluding hydrogens is 263 g/mol. The number of ether oxygens (including phenoxy) is 1. The summed E-state index contributed by atoms with van der Waals surface area (Å²) in [7, 11) is 1.44. The number of methoxy groups -OCH3 is 1. The maximum absolute atomic E-state index is 13.6. The monoisotopic (exact) mass is 282 g/mol. The second kappa shape index (κ2) is 7.09. The Morgan fingerprint density at radius 1 is 1.53 bits per heavy atom. The van der Waals surface area contributed by atoms with Crippen LogP contribution in [0.15, 0.2) is 30.4 Å². The van der Waals surface area contributed by atoms with Crippen LogP contribution in [0.5, 0.6) is 5.75 Å². The normalized spacial score (nSPS) is 11.6. The van der Waals surface area contributed by atoms with Crippen molar-refractivity contribution in [2.24, 2.45) is 0 Å². The van der Waals surface area contributed by atoms with E-state index in [9.17, 15) is 4.39 Å². The molecule has 19 heavy (non-hydrogen) atoms. The van der Waals surface area contributed by atoms with Crippen LogP contribution in [0.2, 0.25) is 0 Å². The smallest absolute Gasteiger partial charge is 0.167 e. The summed E-state index contributed by atoms with van der Waals surface area (Å²) in [6.45, 7) is 8.23. The molecule has 0 saturated carbocycles. The number of thiocarbonyl (C=S) groups is 1. The van der Waals surface area contributed by atoms with Gasteiger partial charge in [0, 0.05) is 6.54 Å². The van der Waals surface area contributed by atoms with E-state index in [-0.39, 0.29) is 17.6 Å². The Morgan fingerprint density at radius 2 is 2.21 bits per heavy atom. The van der Waals surface area contributed by atoms with Crippen LogP contribution >= 0.6 is 12.2 Å². The van der Waals surface area contributed by atoms with Crippen LogP contribution in [0.25, 0.3) is 0 Å². The molecule has 1 aromatic rings. The Labute approximate surface area is 118 Å². The van der Waals surface area contributed by atoms with Gasteiger partial charge in [0.1, 0.15) is 0 Å². The molecule has 0 heterocycles. The molecule has 0 bridgehead atoms. The van der Waals surface area contributed by atoms with Gasteiger partial charge in [-0.05, 0) is 43.8 Å². The number of hydrogen-bond acceptors (Lipinski definition) is 2. The standard InChI is InChI=1S/C14H19FN2OS/c1-9(2)8-16-14(19)17-10(3)11-5-6-13(18-4)12(15)7-11/h5-7,10H,1,8H2,2-4H3,(H2,16,17,19)/t10-/m0/s1. The van der Waals surface area contributed by atoms with Gasteiger partial charge in [0.25, 0.3) is 0 Å². The van der Waals surface area contributed by atoms with Gasteiger partial charge in [-0.25, -0.2) is 4.39 Å². The van der Waals surface area contributed by atoms with Gasteiger partial charge in [-0.1, -0.05) is 18.2 Å². The molecule has 3 nitrogen and oxygen atoms in total. The molecule has 1 rings (SSSR count). The predicted molar refractivity (Wildman–Crippen MR) is 79.9 cm³/mol. The lowest BCUT2D eigenvalue weighted by Crippen LogP contribution is -2.37. The van der Waals surface area contributed by atoms with Gasteiger partial charge in [0.2, 0.25) is 0 Å². The van der Waals surface area contributed by atoms with Gasteiger partial charge in [-0.15, -0.1) is 0 Å². The molecule has 5 heteroatoms. The van der Waals surface area contributed by atoms with Crippen molar-refractivity contribution in [3.8, 4) is 5.75 Å². The second-order valence-corrected chi connectivity index (χ2v) is 4.81. The van der Waals surface area contributed by atoms with Crippen molar-refractivity contribution in [1.82, 2.24) is 10.6 Å². The van der Waals surface area contributed by atoms with E-state index in [4.69, 9.17) is 17.0 Å². The van der Waals surface area contributed by atoms with Crippen LogP contribution in [-0.4, -0.2) is 18.8 Å². The van der Waals surface area contributed by atoms with Crippen LogP contribution < -0.4 is 15.4 Å². The minimum atomic E-state index is -0.380. The highest BCUT2D eigenvalue weighted by Gasteiger charge is 2.10. The van der Waals surface area contributed by atoms with Gasteiger partial charge in [-0.3, -0.25) is 0 Å². The van der Waals surface area contributed by atoms with E-state index in [1.54, 1.807) is 12.1 Å². The predicted octanol–water partition coefficient (Wildman–Crippen LogP) is 2.94. The second-order valence-electron chi connectivity index (χ2n) is 4.40. The Kier molecular flexibility index (Phi) is 5.76. The van der Waals surface area contributed by atoms with E-state index in [0.717, 1.165) is 11.1 Å². The average Bonchev–Trinajstić information content (AvgIpc) is 2.36. The molecule has 0 amide bonds. The van der Waals surface area contributed by atoms with Crippen LogP contribution in [0, 0.1) is 5.82 Å². The summed E-state index contributed by atoms with van der Waals surface area (Å²) in [6.07, 6.45) is 0. The molecule has 104 valence electrons. The van der Waals surface area contributed by atoms with Gasteiger partial charge in [0.15, 0.2) is 16.7 Å². The molecule has 0 aliphatic carbocycles. The number of hydrogen-bond donors (Lipinski definition) is 2. The number of nitrogens with one attached hydrogen (secondary N) is 2. The minimum absolute atomic E-state index is 0.0921. The summed E-state index contributed by atoms with van der Waals surface area (Å²) in [5.41, 5.74) is 1.80. The van der Waals surface area contributed by atoms with Crippen molar-refractivity contribution in [3.63, 3.8) is 0 Å². The zero-order valence-corrected chi connectivity index (χ0v) is 12.2. The summed E-state index contributed by atoms with van der Waals surface area (Å²) in [4.78, 5) is 0. The first-order chi connectivity index (χ1) is 8.93. The minimum Gasteiger partial charge on any atom is -0.494 e. The van der Waals surface area contributed by atoms with Crippen molar-refractivity contribution in [2.75, 3.05) is 13.7 Å². The highest BCUT2D eigenvalue weighted by molar-refractivity contribution is 7.80. The molecule has 0 spiro atoms. The third-order valence-corrected chi connectivity index (χ3v) is 2.84. The fraction of sp³-hybridized carbons (Fsp3) is 0.357. The number of rotatable bonds is 5. The summed E-state index contributed by atoms with van der Waals surface area (Å²) < 4.78 is 18.5. The summed E-state index contributed by atoms with van der Waals surface area (Å²) in [6, 6.07) is 4.76. The molecule has 0 aliphatic rings. The fourth-order valence-corrected chi connectivity index (χ4v) is 1.76. The molecule has 1 aromatic carbocycles. The molecule has 0 aliphatic heterocycles. The van der Waals surface area contributed by atoms with Crippen molar-refractivity contribution in [3.05, 3.63) is 41.7 Å². The van der Waals surface area contributed by atoms with Crippen molar-refractivity contribution < 1.29 is 9.13 Å². The average molecular weight is 282 g/mol. The fourth-order valence-electron chi connectivity index (χ4n) is 1.51. The van der Waals surface area contributed by atoms with E-state index in [2.05, 4.69) is 17.2 Å². The van der Waals surface area contributed by atoms with E-state index in [1.807, 2.05) is 13.8 Å². The van der Waals surface area contributed by atoms with Gasteiger partial charge >= 0.3 is 0 Å². The molecule has 0 radical (unpaired) electrons. The Hall–Kier alpha value is -1.62. The quantitative estimate of drug-likeness (QED) is 0.642. The topological polar surface area (TPSA) is 33.3 Å². The van der Waals surface area contributed by atoms with E-state index >= 15 is 0 Å². The number of halogens is 1. The highest BCUT2D eigenvalue weighted by Crippen LogP contribution is 2.21. The van der Waals surface area contributed by atoms with Gasteiger partial charge in [0.05, 0.1) is 13.2 Å². The van der Waals surface area contributed by atoms with Crippen LogP contribution in [0.4, 0.5) is 4.39 Å². The van der Waals surface area contributed by atoms with Crippen molar-refractivity contribution in [1.29, 1.82) is 0 Å². The van der Waals surface area contributed by atoms with Crippen LogP contribution in [-0.2, 0) is 0 Å². The molecule has 0 fully saturated rings. The van der Waals surface area contributed by atoms with Gasteiger partial charge < -0.3 is 15.4 Å². The van der Waals surface area contributed by atoms with Crippen molar-refractivity contribution >= 4 is 17.3 Å². The molecule has 1 atom stereocenters. The Balaban J connectivity index is 2.62. The van der Waals surface area contributed by atoms with E-state index in [0.29, 0.717) is 11.7 Å². The molecular formula is C14H19FN2OS. The zero-order chi connectivity index (χ0) is 14.4. The molecule has 0 saturated heterocycles. The first-order valence-corrected chi connectivity index (χ1v) is 6.37. The lowest BCUT2D eigenvalue weighted by atomic mass is 10.1. The third kappa shape index (κ3) is 4.87. The number of benzene rings is 1. The van der Waals surface area contributed by atoms with Gasteiger partial charge in [-0.2, -0.15) is 0 Å². The molecule has 0 unspecified atom stereocenters. The Morgan fingerprint density at radius 3 is 2.74 bits per heavy atom. The zero-order valence-electron chi connectivity index (χ0n) is 11.4. The van der Waals surface area contributed by atoms with E-state index < -0.39 is 0 Å². The van der Waals surface area contributed by atoms with Crippen molar-refractivity contribution in [2.45, 2.75) is 19.9 Å². The summed E-state index contributed by atoms with van der Waals surface area (Å²) in [5, 5.41) is 6.63. The summed E-state index contributed by atoms with van der Waals surface area (Å²) >= 11 is 5.15. The van der Waals surface area contributed by atoms with E-state index in [1.165, 1.54) is 13.2 Å². The maximum Gasteiger partial charge on any atom is 0.167 e. The highest BCUT2D eigenvalue weighted by atomic mass is 32.1. The first kappa shape index (κ1) is 15.4. The molecule has 0 aromatic heterocycles. The Bertz CT molecular complexity index is 477. The van der Waals surface area contributed by atoms with Crippen LogP contribution in [0.1, 0.15) is 25.5 Å². The first-order valence-electron chi connectivity index (χ1n) is 5.96. The maximum atomic E-state index is 13.6. The SMILES string of the molecule is C=C(C)CNC(=S)N[C@@H](C)c1ccc(OC)c(F)c1. The lowest BCUT2D eigenvalue weighted by Gasteiger charge is -2.18. The molecule has 2 N–H and O–H groups in total. The lowest BCUT2D eigenvalue weighted by molar-refractivity contribution is 0.386. The summed E-state index contributed by atoms with van der Waals surface area (Å²) in [5.74, 6) is -0.145.